The zero-order valence-electron chi connectivity index (χ0n) is 12.9. The highest BCUT2D eigenvalue weighted by Crippen LogP contribution is 2.30. The van der Waals surface area contributed by atoms with Crippen LogP contribution in [0.1, 0.15) is 24.8 Å². The summed E-state index contributed by atoms with van der Waals surface area (Å²) in [4.78, 5) is 11.9. The monoisotopic (exact) mass is 402 g/mol. The van der Waals surface area contributed by atoms with E-state index in [0.717, 1.165) is 11.8 Å². The van der Waals surface area contributed by atoms with Gasteiger partial charge in [0.15, 0.2) is 0 Å². The van der Waals surface area contributed by atoms with Crippen molar-refractivity contribution in [3.63, 3.8) is 0 Å². The van der Waals surface area contributed by atoms with E-state index in [-0.39, 0.29) is 30.5 Å². The van der Waals surface area contributed by atoms with Gasteiger partial charge >= 0.3 is 0 Å². The molecule has 0 saturated heterocycles. The van der Waals surface area contributed by atoms with Gasteiger partial charge in [-0.1, -0.05) is 36.2 Å². The van der Waals surface area contributed by atoms with E-state index in [4.69, 9.17) is 28.9 Å². The number of amides is 1. The second-order valence-electron chi connectivity index (χ2n) is 5.31. The second-order valence-corrected chi connectivity index (χ2v) is 8.38. The molecule has 0 heterocycles. The summed E-state index contributed by atoms with van der Waals surface area (Å²) in [5, 5.41) is 3.77. The first-order valence-corrected chi connectivity index (χ1v) is 9.58. The van der Waals surface area contributed by atoms with Crippen LogP contribution in [0.3, 0.4) is 0 Å². The molecule has 0 radical (unpaired) electrons. The number of nitrogens with one attached hydrogen (secondary N) is 1. The molecule has 0 saturated carbocycles. The van der Waals surface area contributed by atoms with Crippen molar-refractivity contribution in [2.75, 3.05) is 18.6 Å². The smallest absolute Gasteiger partial charge is 0.236 e. The van der Waals surface area contributed by atoms with Crippen LogP contribution in [0.4, 0.5) is 0 Å². The van der Waals surface area contributed by atoms with Crippen molar-refractivity contribution in [1.29, 1.82) is 0 Å². The Hall–Kier alpha value is -0.530. The Balaban J connectivity index is 0.00000484. The largest absolute Gasteiger partial charge is 0.354 e. The molecule has 1 amide bonds. The minimum atomic E-state index is -3.13. The van der Waals surface area contributed by atoms with Crippen LogP contribution in [-0.2, 0) is 14.6 Å². The maximum absolute atomic E-state index is 11.9. The van der Waals surface area contributed by atoms with Crippen molar-refractivity contribution in [3.05, 3.63) is 33.8 Å². The van der Waals surface area contributed by atoms with Crippen LogP contribution in [-0.4, -0.2) is 38.9 Å². The fourth-order valence-corrected chi connectivity index (χ4v) is 3.39. The molecule has 0 aromatic heterocycles. The molecular weight excluding hydrogens is 383 g/mol. The predicted octanol–water partition coefficient (Wildman–Crippen LogP) is 2.40. The molecule has 1 rings (SSSR count). The summed E-state index contributed by atoms with van der Waals surface area (Å²) in [7, 11) is -3.13. The van der Waals surface area contributed by atoms with E-state index < -0.39 is 21.8 Å². The lowest BCUT2D eigenvalue weighted by Gasteiger charge is -2.18. The highest BCUT2D eigenvalue weighted by molar-refractivity contribution is 7.90. The normalized spacial score (nSPS) is 13.8. The molecule has 23 heavy (non-hydrogen) atoms. The maximum atomic E-state index is 11.9. The van der Waals surface area contributed by atoms with Gasteiger partial charge in [-0.2, -0.15) is 0 Å². The van der Waals surface area contributed by atoms with Crippen LogP contribution in [0.15, 0.2) is 18.2 Å². The first-order chi connectivity index (χ1) is 10.1. The summed E-state index contributed by atoms with van der Waals surface area (Å²) in [5.41, 5.74) is 6.44. The number of benzene rings is 1. The van der Waals surface area contributed by atoms with E-state index in [1.807, 2.05) is 6.92 Å². The van der Waals surface area contributed by atoms with Gasteiger partial charge in [0.25, 0.3) is 0 Å². The maximum Gasteiger partial charge on any atom is 0.236 e. The molecular formula is C14H21Cl3N2O3S. The number of rotatable bonds is 7. The summed E-state index contributed by atoms with van der Waals surface area (Å²) < 4.78 is 22.1. The van der Waals surface area contributed by atoms with Crippen molar-refractivity contribution in [2.45, 2.75) is 25.3 Å². The first-order valence-electron chi connectivity index (χ1n) is 6.76. The van der Waals surface area contributed by atoms with Gasteiger partial charge in [-0.3, -0.25) is 4.79 Å². The minimum Gasteiger partial charge on any atom is -0.354 e. The molecule has 0 aliphatic carbocycles. The molecule has 9 heteroatoms. The number of hydrogen-bond donors (Lipinski definition) is 2. The van der Waals surface area contributed by atoms with Crippen LogP contribution < -0.4 is 11.1 Å². The van der Waals surface area contributed by atoms with Gasteiger partial charge in [0, 0.05) is 28.8 Å². The molecule has 132 valence electrons. The van der Waals surface area contributed by atoms with E-state index in [1.165, 1.54) is 0 Å². The molecule has 1 aromatic carbocycles. The SMILES string of the molecule is CC(CNC(=O)C(N)CCS(C)(=O)=O)c1c(Cl)cccc1Cl.Cl. The topological polar surface area (TPSA) is 89.3 Å². The Bertz CT molecular complexity index is 618. The Kier molecular flexibility index (Phi) is 9.47. The van der Waals surface area contributed by atoms with Crippen molar-refractivity contribution < 1.29 is 13.2 Å². The summed E-state index contributed by atoms with van der Waals surface area (Å²) in [5.74, 6) is -0.598. The minimum absolute atomic E-state index is 0. The molecule has 2 atom stereocenters. The van der Waals surface area contributed by atoms with Gasteiger partial charge in [0.2, 0.25) is 5.91 Å². The number of carbonyl (C=O) groups is 1. The van der Waals surface area contributed by atoms with Gasteiger partial charge in [-0.25, -0.2) is 8.42 Å². The lowest BCUT2D eigenvalue weighted by atomic mass is 10.0. The molecule has 0 fully saturated rings. The fourth-order valence-electron chi connectivity index (χ4n) is 1.94. The highest BCUT2D eigenvalue weighted by Gasteiger charge is 2.18. The Labute approximate surface area is 153 Å². The molecule has 3 N–H and O–H groups in total. The first kappa shape index (κ1) is 22.5. The van der Waals surface area contributed by atoms with Crippen molar-refractivity contribution in [3.8, 4) is 0 Å². The van der Waals surface area contributed by atoms with Gasteiger partial charge in [-0.15, -0.1) is 12.4 Å². The Morgan fingerprint density at radius 1 is 1.30 bits per heavy atom. The number of halogens is 3. The second kappa shape index (κ2) is 9.69. The summed E-state index contributed by atoms with van der Waals surface area (Å²) in [6, 6.07) is 4.36. The quantitative estimate of drug-likeness (QED) is 0.731. The Morgan fingerprint density at radius 3 is 2.30 bits per heavy atom. The van der Waals surface area contributed by atoms with E-state index in [0.29, 0.717) is 16.6 Å². The number of hydrogen-bond acceptors (Lipinski definition) is 4. The zero-order valence-corrected chi connectivity index (χ0v) is 16.0. The molecule has 0 spiro atoms. The average molecular weight is 404 g/mol. The number of nitrogens with two attached hydrogens (primary N) is 1. The zero-order chi connectivity index (χ0) is 16.9. The molecule has 0 bridgehead atoms. The molecule has 2 unspecified atom stereocenters. The van der Waals surface area contributed by atoms with Crippen molar-refractivity contribution in [1.82, 2.24) is 5.32 Å². The third kappa shape index (κ3) is 7.72. The van der Waals surface area contributed by atoms with Crippen LogP contribution in [0.2, 0.25) is 10.0 Å². The van der Waals surface area contributed by atoms with Gasteiger partial charge in [-0.05, 0) is 24.1 Å². The third-order valence-electron chi connectivity index (χ3n) is 3.21. The molecule has 0 aliphatic rings. The molecule has 0 aliphatic heterocycles. The van der Waals surface area contributed by atoms with Crippen LogP contribution in [0.5, 0.6) is 0 Å². The number of sulfone groups is 1. The summed E-state index contributed by atoms with van der Waals surface area (Å²) >= 11 is 12.2. The van der Waals surface area contributed by atoms with E-state index in [1.54, 1.807) is 18.2 Å². The van der Waals surface area contributed by atoms with Crippen LogP contribution in [0, 0.1) is 0 Å². The molecule has 5 nitrogen and oxygen atoms in total. The van der Waals surface area contributed by atoms with Crippen LogP contribution >= 0.6 is 35.6 Å². The van der Waals surface area contributed by atoms with Crippen molar-refractivity contribution in [2.24, 2.45) is 5.73 Å². The van der Waals surface area contributed by atoms with E-state index in [2.05, 4.69) is 5.32 Å². The summed E-state index contributed by atoms with van der Waals surface area (Å²) in [6.07, 6.45) is 1.20. The van der Waals surface area contributed by atoms with Gasteiger partial charge in [0.1, 0.15) is 9.84 Å². The van der Waals surface area contributed by atoms with Gasteiger partial charge < -0.3 is 11.1 Å². The third-order valence-corrected chi connectivity index (χ3v) is 4.85. The Morgan fingerprint density at radius 2 is 1.83 bits per heavy atom. The van der Waals surface area contributed by atoms with E-state index >= 15 is 0 Å². The van der Waals surface area contributed by atoms with E-state index in [9.17, 15) is 13.2 Å². The lowest BCUT2D eigenvalue weighted by molar-refractivity contribution is -0.122. The predicted molar refractivity (Wildman–Crippen MR) is 97.4 cm³/mol. The highest BCUT2D eigenvalue weighted by atomic mass is 35.5. The standard InChI is InChI=1S/C14H20Cl2N2O3S.ClH/c1-9(13-10(15)4-3-5-11(13)16)8-18-14(19)12(17)6-7-22(2,20)21;/h3-5,9,12H,6-8,17H2,1-2H3,(H,18,19);1H. The average Bonchev–Trinajstić information content (AvgIpc) is 2.41. The van der Waals surface area contributed by atoms with Crippen LogP contribution in [0.25, 0.3) is 0 Å². The summed E-state index contributed by atoms with van der Waals surface area (Å²) in [6.45, 7) is 2.20. The fraction of sp³-hybridized carbons (Fsp3) is 0.500. The lowest BCUT2D eigenvalue weighted by Crippen LogP contribution is -2.42. The van der Waals surface area contributed by atoms with Gasteiger partial charge in [0.05, 0.1) is 11.8 Å². The molecule has 1 aromatic rings. The number of carbonyl (C=O) groups excluding carboxylic acids is 1. The van der Waals surface area contributed by atoms with Crippen molar-refractivity contribution >= 4 is 51.4 Å².